The molecule has 1 amide bonds. The number of fused-ring (bicyclic) bond motifs is 1. The third-order valence-electron chi connectivity index (χ3n) is 4.02. The van der Waals surface area contributed by atoms with Crippen molar-refractivity contribution in [1.82, 2.24) is 9.80 Å². The Kier molecular flexibility index (Phi) is 3.94. The number of rotatable bonds is 3. The Morgan fingerprint density at radius 2 is 1.91 bits per heavy atom. The molecule has 10 heteroatoms. The van der Waals surface area contributed by atoms with E-state index in [0.717, 1.165) is 12.0 Å². The molecule has 4 heterocycles. The predicted molar refractivity (Wildman–Crippen MR) is 75.9 cm³/mol. The summed E-state index contributed by atoms with van der Waals surface area (Å²) in [6, 6.07) is 6.34. The molecule has 0 aliphatic carbocycles. The maximum atomic E-state index is 12.9. The quantitative estimate of drug-likeness (QED) is 0.761. The van der Waals surface area contributed by atoms with Crippen LogP contribution in [0, 0.1) is 5.82 Å². The van der Waals surface area contributed by atoms with Crippen molar-refractivity contribution in [2.45, 2.75) is 12.3 Å². The van der Waals surface area contributed by atoms with Crippen molar-refractivity contribution in [2.75, 3.05) is 26.2 Å². The highest BCUT2D eigenvalue weighted by atomic mass is 31.2. The second-order valence-corrected chi connectivity index (χ2v) is 6.95. The average Bonchev–Trinajstić information content (AvgIpc) is 2.44. The van der Waals surface area contributed by atoms with Gasteiger partial charge >= 0.3 is 13.9 Å². The molecule has 4 saturated heterocycles. The molecule has 2 N–H and O–H groups in total. The first-order valence-electron chi connectivity index (χ1n) is 6.98. The lowest BCUT2D eigenvalue weighted by atomic mass is 10.1. The number of benzene rings is 1. The number of amides is 1. The summed E-state index contributed by atoms with van der Waals surface area (Å²) in [5.41, 5.74) is 1.02. The fourth-order valence-corrected chi connectivity index (χ4v) is 4.30. The van der Waals surface area contributed by atoms with Crippen LogP contribution in [-0.4, -0.2) is 53.5 Å². The summed E-state index contributed by atoms with van der Waals surface area (Å²) in [5, 5.41) is 0. The lowest BCUT2D eigenvalue weighted by Crippen LogP contribution is -2.72. The SMILES string of the molecule is O.O=C1OP2(=O)OC3(CN(CCc4ccc(F)cc4)CCN13)O2. The topological polar surface area (TPSA) is 99.8 Å². The lowest BCUT2D eigenvalue weighted by molar-refractivity contribution is -0.326. The molecule has 8 nitrogen and oxygen atoms in total. The van der Waals surface area contributed by atoms with Gasteiger partial charge in [0.15, 0.2) is 0 Å². The third kappa shape index (κ3) is 2.75. The maximum Gasteiger partial charge on any atom is 0.541 e. The predicted octanol–water partition coefficient (Wildman–Crippen LogP) is 1.12. The van der Waals surface area contributed by atoms with Crippen molar-refractivity contribution < 1.29 is 32.8 Å². The van der Waals surface area contributed by atoms with E-state index in [-0.39, 0.29) is 11.3 Å². The summed E-state index contributed by atoms with van der Waals surface area (Å²) >= 11 is 0. The molecular weight excluding hydrogens is 330 g/mol. The van der Waals surface area contributed by atoms with Gasteiger partial charge in [0.2, 0.25) is 0 Å². The smallest absolute Gasteiger partial charge is 0.412 e. The molecule has 23 heavy (non-hydrogen) atoms. The molecule has 0 saturated carbocycles. The Morgan fingerprint density at radius 3 is 2.61 bits per heavy atom. The Labute approximate surface area is 131 Å². The Hall–Kier alpha value is -1.51. The van der Waals surface area contributed by atoms with Crippen LogP contribution in [0.15, 0.2) is 24.3 Å². The normalized spacial score (nSPS) is 32.4. The summed E-state index contributed by atoms with van der Waals surface area (Å²) < 4.78 is 39.7. The monoisotopic (exact) mass is 346 g/mol. The second-order valence-electron chi connectivity index (χ2n) is 5.50. The molecule has 0 atom stereocenters. The maximum absolute atomic E-state index is 12.9. The molecule has 0 aromatic heterocycles. The van der Waals surface area contributed by atoms with Crippen molar-refractivity contribution in [3.05, 3.63) is 35.6 Å². The van der Waals surface area contributed by atoms with E-state index < -0.39 is 19.8 Å². The number of phosphoric ester groups is 1. The van der Waals surface area contributed by atoms with E-state index in [2.05, 4.69) is 9.42 Å². The minimum Gasteiger partial charge on any atom is -0.412 e. The number of hydrogen-bond donors (Lipinski definition) is 0. The van der Waals surface area contributed by atoms with E-state index in [1.165, 1.54) is 17.0 Å². The zero-order valence-electron chi connectivity index (χ0n) is 12.1. The highest BCUT2D eigenvalue weighted by Gasteiger charge is 2.70. The van der Waals surface area contributed by atoms with Crippen LogP contribution in [-0.2, 0) is 24.6 Å². The number of piperazine rings is 1. The van der Waals surface area contributed by atoms with Gasteiger partial charge in [0.1, 0.15) is 5.82 Å². The molecular formula is C13H16FN2O6P. The van der Waals surface area contributed by atoms with E-state index in [1.54, 1.807) is 12.1 Å². The first-order valence-corrected chi connectivity index (χ1v) is 8.44. The fraction of sp³-hybridized carbons (Fsp3) is 0.462. The van der Waals surface area contributed by atoms with Gasteiger partial charge in [-0.3, -0.25) is 9.80 Å². The fourth-order valence-electron chi connectivity index (χ4n) is 2.91. The largest absolute Gasteiger partial charge is 0.541 e. The molecule has 2 bridgehead atoms. The van der Waals surface area contributed by atoms with E-state index in [9.17, 15) is 13.8 Å². The van der Waals surface area contributed by atoms with Crippen molar-refractivity contribution in [1.29, 1.82) is 0 Å². The van der Waals surface area contributed by atoms with Crippen LogP contribution < -0.4 is 0 Å². The van der Waals surface area contributed by atoms with Crippen LogP contribution in [0.2, 0.25) is 0 Å². The van der Waals surface area contributed by atoms with Crippen LogP contribution in [0.3, 0.4) is 0 Å². The standard InChI is InChI=1S/C13H14FN2O5P.H2O/c14-11-3-1-10(2-4-11)5-6-15-7-8-16-12(17)19-22(18)20-13(16,9-15)21-22;/h1-4H,5-9H2;1H2. The molecule has 4 aliphatic heterocycles. The Morgan fingerprint density at radius 1 is 1.22 bits per heavy atom. The Balaban J connectivity index is 0.00000156. The van der Waals surface area contributed by atoms with Gasteiger partial charge in [-0.15, -0.1) is 0 Å². The van der Waals surface area contributed by atoms with Gasteiger partial charge < -0.3 is 10.00 Å². The minimum atomic E-state index is -3.67. The van der Waals surface area contributed by atoms with Gasteiger partial charge in [-0.1, -0.05) is 12.1 Å². The molecule has 4 aliphatic rings. The number of carbonyl (C=O) groups excluding carboxylic acids is 1. The second kappa shape index (κ2) is 5.54. The summed E-state index contributed by atoms with van der Waals surface area (Å²) in [6.07, 6.45) is 0.0809. The van der Waals surface area contributed by atoms with Crippen LogP contribution in [0.5, 0.6) is 0 Å². The van der Waals surface area contributed by atoms with Crippen molar-refractivity contribution in [3.8, 4) is 0 Å². The zero-order chi connectivity index (χ0) is 15.4. The highest BCUT2D eigenvalue weighted by Crippen LogP contribution is 2.70. The molecule has 1 spiro atoms. The molecule has 4 fully saturated rings. The molecule has 0 unspecified atom stereocenters. The summed E-state index contributed by atoms with van der Waals surface area (Å²) in [6.45, 7) is 2.03. The zero-order valence-corrected chi connectivity index (χ0v) is 13.0. The van der Waals surface area contributed by atoms with E-state index >= 15 is 0 Å². The first kappa shape index (κ1) is 16.4. The van der Waals surface area contributed by atoms with Crippen molar-refractivity contribution >= 4 is 13.9 Å². The van der Waals surface area contributed by atoms with E-state index in [4.69, 9.17) is 9.05 Å². The van der Waals surface area contributed by atoms with Crippen LogP contribution >= 0.6 is 7.82 Å². The van der Waals surface area contributed by atoms with Crippen LogP contribution in [0.4, 0.5) is 9.18 Å². The molecule has 5 rings (SSSR count). The summed E-state index contributed by atoms with van der Waals surface area (Å²) in [7, 11) is -3.67. The molecule has 126 valence electrons. The van der Waals surface area contributed by atoms with Gasteiger partial charge in [-0.2, -0.15) is 0 Å². The van der Waals surface area contributed by atoms with Gasteiger partial charge in [-0.25, -0.2) is 22.8 Å². The first-order chi connectivity index (χ1) is 10.5. The number of hydrogen-bond acceptors (Lipinski definition) is 6. The van der Waals surface area contributed by atoms with Gasteiger partial charge in [0.25, 0.3) is 5.91 Å². The molecule has 1 aromatic carbocycles. The average molecular weight is 346 g/mol. The van der Waals surface area contributed by atoms with Gasteiger partial charge in [0.05, 0.1) is 6.54 Å². The number of phosphoric acid groups is 1. The van der Waals surface area contributed by atoms with Crippen molar-refractivity contribution in [3.63, 3.8) is 0 Å². The summed E-state index contributed by atoms with van der Waals surface area (Å²) in [5.74, 6) is -1.53. The lowest BCUT2D eigenvalue weighted by Gasteiger charge is -2.57. The molecule has 0 radical (unpaired) electrons. The Bertz CT molecular complexity index is 659. The summed E-state index contributed by atoms with van der Waals surface area (Å²) in [4.78, 5) is 15.1. The van der Waals surface area contributed by atoms with E-state index in [0.29, 0.717) is 26.2 Å². The molecule has 1 aromatic rings. The number of carbonyl (C=O) groups is 1. The van der Waals surface area contributed by atoms with Crippen LogP contribution in [0.1, 0.15) is 5.56 Å². The van der Waals surface area contributed by atoms with Crippen LogP contribution in [0.25, 0.3) is 0 Å². The minimum absolute atomic E-state index is 0. The highest BCUT2D eigenvalue weighted by molar-refractivity contribution is 7.50. The number of nitrogens with zero attached hydrogens (tertiary/aromatic N) is 2. The van der Waals surface area contributed by atoms with E-state index in [1.807, 2.05) is 0 Å². The number of halogens is 1. The van der Waals surface area contributed by atoms with Gasteiger partial charge in [-0.05, 0) is 24.1 Å². The third-order valence-corrected chi connectivity index (χ3v) is 5.42. The van der Waals surface area contributed by atoms with Gasteiger partial charge in [0, 0.05) is 19.6 Å². The van der Waals surface area contributed by atoms with Crippen molar-refractivity contribution in [2.24, 2.45) is 0 Å².